The van der Waals surface area contributed by atoms with Crippen LogP contribution in [0.2, 0.25) is 0 Å². The van der Waals surface area contributed by atoms with Gasteiger partial charge < -0.3 is 15.6 Å². The molecule has 6 heteroatoms. The fraction of sp³-hybridized carbons (Fsp3) is 0.417. The van der Waals surface area contributed by atoms with Gasteiger partial charge in [-0.05, 0) is 47.9 Å². The van der Waals surface area contributed by atoms with Crippen molar-refractivity contribution in [2.45, 2.75) is 52.3 Å². The summed E-state index contributed by atoms with van der Waals surface area (Å²) in [5.74, 6) is -0.125. The monoisotopic (exact) mass is 410 g/mol. The lowest BCUT2D eigenvalue weighted by molar-refractivity contribution is -0.131. The molecular formula is C24H30N2O4. The Morgan fingerprint density at radius 2 is 1.73 bits per heavy atom. The number of nitrogens with zero attached hydrogens (tertiary/aromatic N) is 1. The highest BCUT2D eigenvalue weighted by molar-refractivity contribution is 5.89. The lowest BCUT2D eigenvalue weighted by atomic mass is 9.69. The number of carbonyl (C=O) groups is 2. The Labute approximate surface area is 177 Å². The molecule has 1 aliphatic rings. The van der Waals surface area contributed by atoms with Gasteiger partial charge in [0.15, 0.2) is 0 Å². The third-order valence-electron chi connectivity index (χ3n) is 6.21. The molecule has 1 saturated heterocycles. The Balaban J connectivity index is 1.86. The third kappa shape index (κ3) is 3.99. The van der Waals surface area contributed by atoms with Crippen molar-refractivity contribution in [1.82, 2.24) is 4.90 Å². The largest absolute Gasteiger partial charge is 0.489 e. The molecule has 6 nitrogen and oxygen atoms in total. The predicted molar refractivity (Wildman–Crippen MR) is 115 cm³/mol. The lowest BCUT2D eigenvalue weighted by Crippen LogP contribution is -2.59. The number of benzene rings is 2. The SMILES string of the molecule is CC(C)(C)C1C[C@H](c2ccc(OCc3ccccc3)cc2)N(C(=O)O)[C@]1(C)C(N)=O. The van der Waals surface area contributed by atoms with E-state index in [0.29, 0.717) is 18.8 Å². The molecule has 0 aromatic heterocycles. The van der Waals surface area contributed by atoms with E-state index in [4.69, 9.17) is 10.5 Å². The normalized spacial score (nSPS) is 23.9. The first-order valence-electron chi connectivity index (χ1n) is 10.1. The van der Waals surface area contributed by atoms with Gasteiger partial charge in [0.05, 0.1) is 6.04 Å². The number of carboxylic acid groups (broad SMARTS) is 1. The third-order valence-corrected chi connectivity index (χ3v) is 6.21. The zero-order valence-electron chi connectivity index (χ0n) is 18.0. The van der Waals surface area contributed by atoms with Crippen LogP contribution in [0.25, 0.3) is 0 Å². The van der Waals surface area contributed by atoms with E-state index in [1.54, 1.807) is 6.92 Å². The minimum absolute atomic E-state index is 0.211. The van der Waals surface area contributed by atoms with Gasteiger partial charge in [-0.15, -0.1) is 0 Å². The summed E-state index contributed by atoms with van der Waals surface area (Å²) in [7, 11) is 0. The minimum Gasteiger partial charge on any atom is -0.489 e. The number of rotatable bonds is 5. The van der Waals surface area contributed by atoms with Gasteiger partial charge in [-0.2, -0.15) is 0 Å². The minimum atomic E-state index is -1.28. The van der Waals surface area contributed by atoms with Crippen molar-refractivity contribution < 1.29 is 19.4 Å². The fourth-order valence-electron chi connectivity index (χ4n) is 4.68. The molecule has 3 rings (SSSR count). The maximum atomic E-state index is 12.4. The molecule has 1 heterocycles. The van der Waals surface area contributed by atoms with Crippen LogP contribution in [0.4, 0.5) is 4.79 Å². The number of carbonyl (C=O) groups excluding carboxylic acids is 1. The highest BCUT2D eigenvalue weighted by atomic mass is 16.5. The molecular weight excluding hydrogens is 380 g/mol. The smallest absolute Gasteiger partial charge is 0.408 e. The van der Waals surface area contributed by atoms with Crippen LogP contribution in [-0.2, 0) is 11.4 Å². The molecule has 0 bridgehead atoms. The number of hydrogen-bond acceptors (Lipinski definition) is 3. The van der Waals surface area contributed by atoms with Crippen molar-refractivity contribution in [1.29, 1.82) is 0 Å². The number of ether oxygens (including phenoxy) is 1. The van der Waals surface area contributed by atoms with Crippen molar-refractivity contribution in [3.63, 3.8) is 0 Å². The van der Waals surface area contributed by atoms with Crippen LogP contribution in [0, 0.1) is 11.3 Å². The maximum absolute atomic E-state index is 12.4. The Kier molecular flexibility index (Phi) is 5.79. The molecule has 0 radical (unpaired) electrons. The van der Waals surface area contributed by atoms with E-state index in [0.717, 1.165) is 11.1 Å². The molecule has 3 N–H and O–H groups in total. The summed E-state index contributed by atoms with van der Waals surface area (Å²) in [5.41, 5.74) is 6.07. The molecule has 2 amide bonds. The Hall–Kier alpha value is -3.02. The average molecular weight is 411 g/mol. The first kappa shape index (κ1) is 21.7. The Bertz CT molecular complexity index is 905. The van der Waals surface area contributed by atoms with Crippen LogP contribution in [-0.4, -0.2) is 27.5 Å². The van der Waals surface area contributed by atoms with Gasteiger partial charge >= 0.3 is 6.09 Å². The molecule has 3 atom stereocenters. The molecule has 1 unspecified atom stereocenters. The second-order valence-corrected chi connectivity index (χ2v) is 9.18. The van der Waals surface area contributed by atoms with Gasteiger partial charge in [-0.1, -0.05) is 63.2 Å². The van der Waals surface area contributed by atoms with Crippen LogP contribution in [0.1, 0.15) is 51.3 Å². The number of hydrogen-bond donors (Lipinski definition) is 2. The maximum Gasteiger partial charge on any atom is 0.408 e. The summed E-state index contributed by atoms with van der Waals surface area (Å²) in [4.78, 5) is 25.9. The quantitative estimate of drug-likeness (QED) is 0.753. The second-order valence-electron chi connectivity index (χ2n) is 9.18. The van der Waals surface area contributed by atoms with Crippen molar-refractivity contribution >= 4 is 12.0 Å². The van der Waals surface area contributed by atoms with Gasteiger partial charge in [0.1, 0.15) is 17.9 Å². The summed E-state index contributed by atoms with van der Waals surface area (Å²) in [5, 5.41) is 9.97. The van der Waals surface area contributed by atoms with Gasteiger partial charge in [0.25, 0.3) is 0 Å². The molecule has 0 aliphatic carbocycles. The topological polar surface area (TPSA) is 92.9 Å². The molecule has 30 heavy (non-hydrogen) atoms. The van der Waals surface area contributed by atoms with Crippen LogP contribution < -0.4 is 10.5 Å². The average Bonchev–Trinajstić information content (AvgIpc) is 3.03. The van der Waals surface area contributed by atoms with Crippen molar-refractivity contribution in [3.8, 4) is 5.75 Å². The van der Waals surface area contributed by atoms with Crippen LogP contribution >= 0.6 is 0 Å². The van der Waals surface area contributed by atoms with Crippen molar-refractivity contribution in [2.24, 2.45) is 17.1 Å². The van der Waals surface area contributed by atoms with Crippen LogP contribution in [0.3, 0.4) is 0 Å². The summed E-state index contributed by atoms with van der Waals surface area (Å²) in [6, 6.07) is 16.8. The van der Waals surface area contributed by atoms with E-state index in [-0.39, 0.29) is 11.3 Å². The lowest BCUT2D eigenvalue weighted by Gasteiger charge is -2.41. The van der Waals surface area contributed by atoms with Gasteiger partial charge in [-0.3, -0.25) is 9.69 Å². The van der Waals surface area contributed by atoms with Gasteiger partial charge in [-0.25, -0.2) is 4.79 Å². The first-order valence-corrected chi connectivity index (χ1v) is 10.1. The highest BCUT2D eigenvalue weighted by Gasteiger charge is 2.59. The molecule has 2 aromatic rings. The first-order chi connectivity index (χ1) is 14.0. The van der Waals surface area contributed by atoms with E-state index in [1.165, 1.54) is 4.90 Å². The fourth-order valence-corrected chi connectivity index (χ4v) is 4.68. The molecule has 1 fully saturated rings. The van der Waals surface area contributed by atoms with Crippen LogP contribution in [0.5, 0.6) is 5.75 Å². The zero-order chi connectivity index (χ0) is 22.1. The van der Waals surface area contributed by atoms with E-state index >= 15 is 0 Å². The summed E-state index contributed by atoms with van der Waals surface area (Å²) in [6.45, 7) is 8.15. The number of likely N-dealkylation sites (tertiary alicyclic amines) is 1. The van der Waals surface area contributed by atoms with E-state index in [2.05, 4.69) is 0 Å². The molecule has 0 spiro atoms. The Morgan fingerprint density at radius 3 is 2.23 bits per heavy atom. The van der Waals surface area contributed by atoms with E-state index in [9.17, 15) is 14.7 Å². The molecule has 2 aromatic carbocycles. The molecule has 0 saturated carbocycles. The summed E-state index contributed by atoms with van der Waals surface area (Å²) >= 11 is 0. The molecule has 1 aliphatic heterocycles. The second kappa shape index (κ2) is 8.01. The van der Waals surface area contributed by atoms with Crippen molar-refractivity contribution in [3.05, 3.63) is 65.7 Å². The van der Waals surface area contributed by atoms with E-state index in [1.807, 2.05) is 75.4 Å². The molecule has 160 valence electrons. The summed E-state index contributed by atoms with van der Waals surface area (Å²) < 4.78 is 5.83. The number of primary amides is 1. The van der Waals surface area contributed by atoms with Crippen LogP contribution in [0.15, 0.2) is 54.6 Å². The van der Waals surface area contributed by atoms with E-state index < -0.39 is 23.6 Å². The summed E-state index contributed by atoms with van der Waals surface area (Å²) in [6.07, 6.45) is -0.614. The highest BCUT2D eigenvalue weighted by Crippen LogP contribution is 2.53. The number of amides is 2. The number of nitrogens with two attached hydrogens (primary N) is 1. The zero-order valence-corrected chi connectivity index (χ0v) is 18.0. The Morgan fingerprint density at radius 1 is 1.13 bits per heavy atom. The van der Waals surface area contributed by atoms with Gasteiger partial charge in [0.2, 0.25) is 5.91 Å². The van der Waals surface area contributed by atoms with Crippen molar-refractivity contribution in [2.75, 3.05) is 0 Å². The predicted octanol–water partition coefficient (Wildman–Crippen LogP) is 4.60. The standard InChI is InChI=1S/C24H30N2O4/c1-23(2,3)20-14-19(26(22(28)29)24(20,4)21(25)27)17-10-12-18(13-11-17)30-15-16-8-6-5-7-9-16/h5-13,19-20H,14-15H2,1-4H3,(H2,25,27)(H,28,29)/t19-,20?,24+/m1/s1. The van der Waals surface area contributed by atoms with Gasteiger partial charge in [0, 0.05) is 0 Å².